The first kappa shape index (κ1) is 95.2. The fourth-order valence-corrected chi connectivity index (χ4v) is 16.5. The maximum Gasteiger partial charge on any atom is -0.00235 e. The van der Waals surface area contributed by atoms with Gasteiger partial charge in [0.1, 0.15) is 0 Å². The first-order chi connectivity index (χ1) is 55.0. The molecule has 0 bridgehead atoms. The van der Waals surface area contributed by atoms with E-state index in [2.05, 4.69) is 347 Å². The molecule has 0 heteroatoms. The second-order valence-corrected chi connectivity index (χ2v) is 26.7. The molecule has 0 spiro atoms. The van der Waals surface area contributed by atoms with Gasteiger partial charge in [0.2, 0.25) is 0 Å². The minimum atomic E-state index is 0. The van der Waals surface area contributed by atoms with Gasteiger partial charge in [-0.2, -0.15) is 0 Å². The van der Waals surface area contributed by atoms with Crippen LogP contribution in [0.25, 0.3) is 177 Å². The lowest BCUT2D eigenvalue weighted by atomic mass is 9.88. The molecule has 0 amide bonds. The lowest BCUT2D eigenvalue weighted by Gasteiger charge is -2.15. The number of hydrogen-bond donors (Lipinski definition) is 0. The molecular weight excluding hydrogens is 1390 g/mol. The standard InChI is InChI=1S/4C24H18.8C2H6.4CH4/c1-15-14-23-21-11-6-4-9-19(21)18-8-3-5-10-20(18)22-13-7-12-17(16(15)2)24(22)23;1-15-13-14-21-19-10-4-3-9-18(19)20-11-5-7-17-8-6-12-22(24(17)20)23(21)16(15)2;2*1-15-14-17-8-7-13-22-20-11-4-3-9-18(20)19-10-5-6-12-21(19)23(16(15)2)24(17)22;8*1-2;;;;/h4*3-14H,1-2H3;8*1-2H3;4*1H4. The molecule has 0 nitrogen and oxygen atoms in total. The molecule has 0 unspecified atom stereocenters. The van der Waals surface area contributed by atoms with Crippen LogP contribution in [-0.2, 0) is 0 Å². The Kier molecular flexibility index (Phi) is 36.5. The van der Waals surface area contributed by atoms with Crippen LogP contribution in [0, 0.1) is 55.4 Å². The van der Waals surface area contributed by atoms with Crippen LogP contribution >= 0.6 is 0 Å². The third kappa shape index (κ3) is 17.7. The Morgan fingerprint density at radius 3 is 0.716 bits per heavy atom. The lowest BCUT2D eigenvalue weighted by Crippen LogP contribution is -1.91. The highest BCUT2D eigenvalue weighted by Gasteiger charge is 2.28. The average Bonchev–Trinajstić information content (AvgIpc) is 1.58. The Hall–Kier alpha value is -11.4. The molecule has 16 aromatic rings. The van der Waals surface area contributed by atoms with Gasteiger partial charge in [-0.25, -0.2) is 0 Å². The average molecular weight is 1530 g/mol. The van der Waals surface area contributed by atoms with Crippen molar-refractivity contribution in [2.75, 3.05) is 0 Å². The van der Waals surface area contributed by atoms with E-state index in [-0.39, 0.29) is 29.7 Å². The molecule has 0 radical (unpaired) electrons. The highest BCUT2D eigenvalue weighted by Crippen LogP contribution is 2.54. The van der Waals surface area contributed by atoms with E-state index in [1.807, 2.05) is 111 Å². The van der Waals surface area contributed by atoms with E-state index in [1.165, 1.54) is 221 Å². The van der Waals surface area contributed by atoms with E-state index < -0.39 is 0 Å². The molecule has 0 saturated carbocycles. The molecule has 4 aliphatic carbocycles. The number of hydrogen-bond acceptors (Lipinski definition) is 0. The third-order valence-electron chi connectivity index (χ3n) is 21.6. The minimum absolute atomic E-state index is 0. The predicted molar refractivity (Wildman–Crippen MR) is 531 cm³/mol. The van der Waals surface area contributed by atoms with E-state index in [1.54, 1.807) is 0 Å². The fraction of sp³-hybridized carbons (Fsp3) is 0.241. The van der Waals surface area contributed by atoms with Gasteiger partial charge in [0, 0.05) is 0 Å². The van der Waals surface area contributed by atoms with Crippen LogP contribution in [0.3, 0.4) is 0 Å². The molecule has 20 rings (SSSR count). The highest BCUT2D eigenvalue weighted by molar-refractivity contribution is 6.18. The number of benzene rings is 16. The predicted octanol–water partition coefficient (Wildman–Crippen LogP) is 37.8. The third-order valence-corrected chi connectivity index (χ3v) is 21.6. The molecule has 600 valence electrons. The van der Waals surface area contributed by atoms with Gasteiger partial charge in [-0.3, -0.25) is 0 Å². The van der Waals surface area contributed by atoms with Crippen LogP contribution in [0.2, 0.25) is 0 Å². The summed E-state index contributed by atoms with van der Waals surface area (Å²) in [5, 5.41) is 10.9. The fourth-order valence-electron chi connectivity index (χ4n) is 16.5. The van der Waals surface area contributed by atoms with Gasteiger partial charge in [0.25, 0.3) is 0 Å². The van der Waals surface area contributed by atoms with Gasteiger partial charge in [0.15, 0.2) is 0 Å². The molecule has 0 N–H and O–H groups in total. The summed E-state index contributed by atoms with van der Waals surface area (Å²) in [6.45, 7) is 49.9. The number of fused-ring (bicyclic) bond motifs is 20. The summed E-state index contributed by atoms with van der Waals surface area (Å²) in [5.74, 6) is 0. The quantitative estimate of drug-likeness (QED) is 0.142. The number of rotatable bonds is 0. The zero-order valence-electron chi connectivity index (χ0n) is 71.7. The van der Waals surface area contributed by atoms with Crippen molar-refractivity contribution in [3.63, 3.8) is 0 Å². The van der Waals surface area contributed by atoms with Crippen molar-refractivity contribution in [1.29, 1.82) is 0 Å². The van der Waals surface area contributed by atoms with Gasteiger partial charge in [-0.1, -0.05) is 432 Å². The van der Waals surface area contributed by atoms with E-state index in [0.717, 1.165) is 0 Å². The monoisotopic (exact) mass is 1530 g/mol. The first-order valence-electron chi connectivity index (χ1n) is 41.9. The van der Waals surface area contributed by atoms with Gasteiger partial charge >= 0.3 is 0 Å². The van der Waals surface area contributed by atoms with E-state index in [0.29, 0.717) is 0 Å². The largest absolute Gasteiger partial charge is 0.0776 e. The minimum Gasteiger partial charge on any atom is -0.0776 e. The Labute approximate surface area is 703 Å². The summed E-state index contributed by atoms with van der Waals surface area (Å²) in [4.78, 5) is 0. The van der Waals surface area contributed by atoms with Crippen molar-refractivity contribution < 1.29 is 0 Å². The Balaban J connectivity index is 0.000000258. The molecule has 0 atom stereocenters. The molecule has 0 heterocycles. The van der Waals surface area contributed by atoms with Gasteiger partial charge in [-0.15, -0.1) is 0 Å². The molecule has 0 saturated heterocycles. The zero-order valence-corrected chi connectivity index (χ0v) is 71.7. The van der Waals surface area contributed by atoms with Crippen LogP contribution in [-0.4, -0.2) is 0 Å². The summed E-state index contributed by atoms with van der Waals surface area (Å²) >= 11 is 0. The van der Waals surface area contributed by atoms with Crippen LogP contribution in [0.5, 0.6) is 0 Å². The van der Waals surface area contributed by atoms with Crippen molar-refractivity contribution in [2.24, 2.45) is 0 Å². The van der Waals surface area contributed by atoms with Gasteiger partial charge in [0.05, 0.1) is 0 Å². The summed E-state index contributed by atoms with van der Waals surface area (Å²) in [6.07, 6.45) is 0. The van der Waals surface area contributed by atoms with Crippen molar-refractivity contribution in [3.8, 4) is 134 Å². The smallest absolute Gasteiger partial charge is 0.00235 e. The van der Waals surface area contributed by atoms with Crippen molar-refractivity contribution in [1.82, 2.24) is 0 Å². The van der Waals surface area contributed by atoms with Crippen molar-refractivity contribution in [3.05, 3.63) is 336 Å². The van der Waals surface area contributed by atoms with Gasteiger partial charge in [-0.05, 0) is 277 Å². The van der Waals surface area contributed by atoms with Crippen LogP contribution in [0.15, 0.2) is 291 Å². The molecular formula is C116H136. The van der Waals surface area contributed by atoms with Crippen molar-refractivity contribution in [2.45, 2.75) is 196 Å². The molecule has 16 aromatic carbocycles. The Morgan fingerprint density at radius 1 is 0.138 bits per heavy atom. The molecule has 0 fully saturated rings. The topological polar surface area (TPSA) is 0 Å². The lowest BCUT2D eigenvalue weighted by molar-refractivity contribution is 1.34. The summed E-state index contributed by atoms with van der Waals surface area (Å²) < 4.78 is 0. The normalized spacial score (nSPS) is 10.1. The zero-order chi connectivity index (χ0) is 81.0. The summed E-state index contributed by atoms with van der Waals surface area (Å²) in [6, 6.07) is 107. The first-order valence-corrected chi connectivity index (χ1v) is 41.9. The van der Waals surface area contributed by atoms with E-state index >= 15 is 0 Å². The van der Waals surface area contributed by atoms with Crippen LogP contribution < -0.4 is 0 Å². The second kappa shape index (κ2) is 44.4. The number of aryl methyl sites for hydroxylation is 5. The van der Waals surface area contributed by atoms with E-state index in [4.69, 9.17) is 0 Å². The van der Waals surface area contributed by atoms with Crippen molar-refractivity contribution >= 4 is 43.1 Å². The highest BCUT2D eigenvalue weighted by atomic mass is 14.3. The Morgan fingerprint density at radius 2 is 0.371 bits per heavy atom. The Bertz CT molecular complexity index is 5690. The van der Waals surface area contributed by atoms with Gasteiger partial charge < -0.3 is 0 Å². The second-order valence-electron chi connectivity index (χ2n) is 26.7. The van der Waals surface area contributed by atoms with E-state index in [9.17, 15) is 0 Å². The molecule has 0 aliphatic heterocycles. The van der Waals surface area contributed by atoms with Crippen LogP contribution in [0.4, 0.5) is 0 Å². The summed E-state index contributed by atoms with van der Waals surface area (Å²) in [5.41, 5.74) is 43.2. The SMILES string of the molecule is C.C.C.C.CC.CC.CC.CC.CC.CC.CC.CC.Cc1cc2c3c(cccc3c1C)-c1ccccc1-c1ccccc1-2.Cc1cc2cccc3c2c(c1C)-c1ccccc1-c1ccccc1-3.Cc1cc2cccc3c2c(c1C)-c1ccccc1-c1ccccc1-3.Cc1ccc2c(c1C)-c1cccc3cccc(c13)-c1ccccc1-2. The maximum atomic E-state index is 2.37. The molecule has 0 aromatic heterocycles. The van der Waals surface area contributed by atoms with Crippen LogP contribution in [0.1, 0.15) is 185 Å². The maximum absolute atomic E-state index is 2.37. The summed E-state index contributed by atoms with van der Waals surface area (Å²) in [7, 11) is 0. The molecule has 116 heavy (non-hydrogen) atoms. The molecule has 4 aliphatic rings.